The second-order valence-electron chi connectivity index (χ2n) is 9.27. The molecule has 0 atom stereocenters. The molecule has 0 spiro atoms. The Morgan fingerprint density at radius 1 is 0.750 bits per heavy atom. The van der Waals surface area contributed by atoms with Gasteiger partial charge in [0, 0.05) is 24.0 Å². The topological polar surface area (TPSA) is 50.2 Å². The molecular formula is C31H28N4O. The van der Waals surface area contributed by atoms with E-state index < -0.39 is 0 Å². The molecule has 1 aliphatic rings. The van der Waals surface area contributed by atoms with Crippen LogP contribution in [0, 0.1) is 0 Å². The Labute approximate surface area is 211 Å². The molecule has 5 nitrogen and oxygen atoms in total. The van der Waals surface area contributed by atoms with Crippen molar-refractivity contribution >= 4 is 22.5 Å². The summed E-state index contributed by atoms with van der Waals surface area (Å²) in [4.78, 5) is 15.0. The molecule has 0 radical (unpaired) electrons. The lowest BCUT2D eigenvalue weighted by molar-refractivity contribution is 0.181. The van der Waals surface area contributed by atoms with E-state index >= 15 is 0 Å². The highest BCUT2D eigenvalue weighted by Crippen LogP contribution is 2.33. The molecule has 0 unspecified atom stereocenters. The quantitative estimate of drug-likeness (QED) is 0.300. The molecule has 5 aromatic rings. The first-order chi connectivity index (χ1) is 17.8. The van der Waals surface area contributed by atoms with Crippen molar-refractivity contribution in [1.29, 1.82) is 0 Å². The van der Waals surface area contributed by atoms with Gasteiger partial charge in [0.15, 0.2) is 0 Å². The molecule has 0 bridgehead atoms. The highest BCUT2D eigenvalue weighted by atomic mass is 16.2. The Hall–Kier alpha value is -4.38. The van der Waals surface area contributed by atoms with Gasteiger partial charge in [0.2, 0.25) is 0 Å². The predicted octanol–water partition coefficient (Wildman–Crippen LogP) is 7.24. The Morgan fingerprint density at radius 3 is 2.14 bits per heavy atom. The van der Waals surface area contributed by atoms with E-state index in [1.165, 1.54) is 0 Å². The third-order valence-electron chi connectivity index (χ3n) is 7.00. The molecule has 6 rings (SSSR count). The van der Waals surface area contributed by atoms with Crippen molar-refractivity contribution in [2.24, 2.45) is 0 Å². The number of hydrogen-bond acceptors (Lipinski definition) is 2. The minimum absolute atomic E-state index is 0.0430. The summed E-state index contributed by atoms with van der Waals surface area (Å²) >= 11 is 0. The van der Waals surface area contributed by atoms with Gasteiger partial charge in [0.05, 0.1) is 23.1 Å². The summed E-state index contributed by atoms with van der Waals surface area (Å²) in [6, 6.07) is 37.3. The first-order valence-corrected chi connectivity index (χ1v) is 12.5. The molecule has 2 heterocycles. The van der Waals surface area contributed by atoms with Crippen LogP contribution in [0.15, 0.2) is 109 Å². The lowest BCUT2D eigenvalue weighted by atomic mass is 10.0. The van der Waals surface area contributed by atoms with Crippen LogP contribution in [-0.4, -0.2) is 33.8 Å². The van der Waals surface area contributed by atoms with Crippen molar-refractivity contribution in [3.8, 4) is 22.5 Å². The molecule has 1 saturated heterocycles. The van der Waals surface area contributed by atoms with Crippen LogP contribution in [0.4, 0.5) is 10.5 Å². The standard InChI is InChI=1S/C31H28N4O/c36-31(32-28-17-9-15-23-10-7-8-16-27(23)28)34-20-18-26(19-21-34)35-30(25-13-5-2-6-14-25)22-29(33-35)24-11-3-1-4-12-24/h1-17,22,26H,18-21H2,(H,32,36). The zero-order valence-electron chi connectivity index (χ0n) is 20.0. The Morgan fingerprint density at radius 2 is 1.39 bits per heavy atom. The number of likely N-dealkylation sites (tertiary alicyclic amines) is 1. The maximum Gasteiger partial charge on any atom is 0.321 e. The van der Waals surface area contributed by atoms with Gasteiger partial charge in [-0.05, 0) is 35.9 Å². The van der Waals surface area contributed by atoms with Gasteiger partial charge in [-0.1, -0.05) is 97.1 Å². The third-order valence-corrected chi connectivity index (χ3v) is 7.00. The van der Waals surface area contributed by atoms with Crippen LogP contribution in [0.2, 0.25) is 0 Å². The van der Waals surface area contributed by atoms with Crippen LogP contribution >= 0.6 is 0 Å². The summed E-state index contributed by atoms with van der Waals surface area (Å²) in [5, 5.41) is 10.4. The second kappa shape index (κ2) is 9.70. The van der Waals surface area contributed by atoms with Crippen LogP contribution in [0.3, 0.4) is 0 Å². The van der Waals surface area contributed by atoms with Crippen LogP contribution in [-0.2, 0) is 0 Å². The number of amides is 2. The molecule has 2 amide bonds. The zero-order chi connectivity index (χ0) is 24.3. The molecule has 178 valence electrons. The summed E-state index contributed by atoms with van der Waals surface area (Å²) in [5.74, 6) is 0. The Kier molecular flexibility index (Phi) is 5.96. The molecule has 5 heteroatoms. The van der Waals surface area contributed by atoms with Gasteiger partial charge in [-0.3, -0.25) is 4.68 Å². The highest BCUT2D eigenvalue weighted by Gasteiger charge is 2.27. The molecule has 4 aromatic carbocycles. The SMILES string of the molecule is O=C(Nc1cccc2ccccc12)N1CCC(n2nc(-c3ccccc3)cc2-c2ccccc2)CC1. The fourth-order valence-electron chi connectivity index (χ4n) is 5.09. The minimum Gasteiger partial charge on any atom is -0.324 e. The number of nitrogens with one attached hydrogen (secondary N) is 1. The van der Waals surface area contributed by atoms with E-state index in [0.717, 1.165) is 51.8 Å². The number of rotatable bonds is 4. The maximum atomic E-state index is 13.1. The average molecular weight is 473 g/mol. The molecule has 0 aliphatic carbocycles. The van der Waals surface area contributed by atoms with E-state index in [-0.39, 0.29) is 12.1 Å². The number of urea groups is 1. The molecule has 1 N–H and O–H groups in total. The average Bonchev–Trinajstić information content (AvgIpc) is 3.40. The summed E-state index contributed by atoms with van der Waals surface area (Å²) in [5.41, 5.74) is 5.22. The van der Waals surface area contributed by atoms with Gasteiger partial charge in [0.25, 0.3) is 0 Å². The second-order valence-corrected chi connectivity index (χ2v) is 9.27. The number of piperidine rings is 1. The number of anilines is 1. The van der Waals surface area contributed by atoms with Gasteiger partial charge in [-0.2, -0.15) is 5.10 Å². The van der Waals surface area contributed by atoms with Crippen LogP contribution in [0.5, 0.6) is 0 Å². The van der Waals surface area contributed by atoms with E-state index in [9.17, 15) is 4.79 Å². The van der Waals surface area contributed by atoms with Crippen molar-refractivity contribution in [1.82, 2.24) is 14.7 Å². The van der Waals surface area contributed by atoms with E-state index in [0.29, 0.717) is 13.1 Å². The fraction of sp³-hybridized carbons (Fsp3) is 0.161. The number of nitrogens with zero attached hydrogens (tertiary/aromatic N) is 3. The van der Waals surface area contributed by atoms with Crippen molar-refractivity contribution in [2.45, 2.75) is 18.9 Å². The molecule has 36 heavy (non-hydrogen) atoms. The van der Waals surface area contributed by atoms with Gasteiger partial charge in [0.1, 0.15) is 0 Å². The number of aromatic nitrogens is 2. The Bertz CT molecular complexity index is 1480. The van der Waals surface area contributed by atoms with Gasteiger partial charge in [-0.15, -0.1) is 0 Å². The van der Waals surface area contributed by atoms with Gasteiger partial charge >= 0.3 is 6.03 Å². The molecular weight excluding hydrogens is 444 g/mol. The van der Waals surface area contributed by atoms with Crippen molar-refractivity contribution in [3.63, 3.8) is 0 Å². The number of fused-ring (bicyclic) bond motifs is 1. The van der Waals surface area contributed by atoms with Crippen molar-refractivity contribution < 1.29 is 4.79 Å². The van der Waals surface area contributed by atoms with Crippen LogP contribution in [0.25, 0.3) is 33.3 Å². The zero-order valence-corrected chi connectivity index (χ0v) is 20.0. The van der Waals surface area contributed by atoms with E-state index in [1.807, 2.05) is 59.5 Å². The summed E-state index contributed by atoms with van der Waals surface area (Å²) in [7, 11) is 0. The van der Waals surface area contributed by atoms with Crippen molar-refractivity contribution in [3.05, 3.63) is 109 Å². The van der Waals surface area contributed by atoms with Crippen LogP contribution < -0.4 is 5.32 Å². The van der Waals surface area contributed by atoms with Gasteiger partial charge < -0.3 is 10.2 Å². The van der Waals surface area contributed by atoms with Crippen molar-refractivity contribution in [2.75, 3.05) is 18.4 Å². The summed E-state index contributed by atoms with van der Waals surface area (Å²) in [6.07, 6.45) is 1.72. The molecule has 1 aromatic heterocycles. The fourth-order valence-corrected chi connectivity index (χ4v) is 5.09. The largest absolute Gasteiger partial charge is 0.324 e. The first-order valence-electron chi connectivity index (χ1n) is 12.5. The van der Waals surface area contributed by atoms with E-state index in [2.05, 4.69) is 64.6 Å². The van der Waals surface area contributed by atoms with Crippen LogP contribution in [0.1, 0.15) is 18.9 Å². The van der Waals surface area contributed by atoms with E-state index in [1.54, 1.807) is 0 Å². The number of benzene rings is 4. The minimum atomic E-state index is -0.0430. The first kappa shape index (κ1) is 22.1. The molecule has 1 fully saturated rings. The van der Waals surface area contributed by atoms with E-state index in [4.69, 9.17) is 5.10 Å². The highest BCUT2D eigenvalue weighted by molar-refractivity contribution is 6.01. The van der Waals surface area contributed by atoms with Gasteiger partial charge in [-0.25, -0.2) is 4.79 Å². The monoisotopic (exact) mass is 472 g/mol. The maximum absolute atomic E-state index is 13.1. The number of hydrogen-bond donors (Lipinski definition) is 1. The predicted molar refractivity (Wildman–Crippen MR) is 146 cm³/mol. The lowest BCUT2D eigenvalue weighted by Gasteiger charge is -2.33. The Balaban J connectivity index is 1.21. The molecule has 0 saturated carbocycles. The third kappa shape index (κ3) is 4.36. The summed E-state index contributed by atoms with van der Waals surface area (Å²) in [6.45, 7) is 1.38. The normalized spacial score (nSPS) is 14.2. The molecule has 1 aliphatic heterocycles. The smallest absolute Gasteiger partial charge is 0.321 e. The lowest BCUT2D eigenvalue weighted by Crippen LogP contribution is -2.41. The summed E-state index contributed by atoms with van der Waals surface area (Å²) < 4.78 is 2.18. The number of carbonyl (C=O) groups is 1. The number of carbonyl (C=O) groups excluding carboxylic acids is 1.